The van der Waals surface area contributed by atoms with Gasteiger partial charge >= 0.3 is 0 Å². The van der Waals surface area contributed by atoms with Crippen LogP contribution >= 0.6 is 12.2 Å². The lowest BCUT2D eigenvalue weighted by Crippen LogP contribution is -2.57. The molecule has 6 nitrogen and oxygen atoms in total. The lowest BCUT2D eigenvalue weighted by atomic mass is 10.00. The van der Waals surface area contributed by atoms with Crippen LogP contribution in [0.2, 0.25) is 0 Å². The number of hydrogen-bond acceptors (Lipinski definition) is 5. The van der Waals surface area contributed by atoms with Gasteiger partial charge in [-0.3, -0.25) is 15.3 Å². The van der Waals surface area contributed by atoms with E-state index in [0.29, 0.717) is 6.04 Å². The van der Waals surface area contributed by atoms with Crippen LogP contribution in [0.3, 0.4) is 0 Å². The van der Waals surface area contributed by atoms with Crippen molar-refractivity contribution in [1.29, 1.82) is 0 Å². The number of nitrogens with one attached hydrogen (secondary N) is 2. The van der Waals surface area contributed by atoms with Gasteiger partial charge in [-0.15, -0.1) is 0 Å². The highest BCUT2D eigenvalue weighted by Crippen LogP contribution is 2.21. The number of anilines is 1. The zero-order chi connectivity index (χ0) is 16.4. The minimum Gasteiger partial charge on any atom is -0.383 e. The van der Waals surface area contributed by atoms with Crippen LogP contribution in [-0.2, 0) is 0 Å². The zero-order valence-electron chi connectivity index (χ0n) is 13.9. The summed E-state index contributed by atoms with van der Waals surface area (Å²) >= 11 is 5.59. The minimum atomic E-state index is 0.654. The normalized spacial score (nSPS) is 25.6. The molecule has 4 heterocycles. The largest absolute Gasteiger partial charge is 0.383 e. The van der Waals surface area contributed by atoms with Gasteiger partial charge in [0, 0.05) is 44.8 Å². The molecule has 0 aromatic carbocycles. The molecule has 2 N–H and O–H groups in total. The number of hydrogen-bond donors (Lipinski definition) is 2. The molecular weight excluding hydrogens is 320 g/mol. The van der Waals surface area contributed by atoms with Crippen LogP contribution in [0.15, 0.2) is 23.4 Å². The van der Waals surface area contributed by atoms with E-state index in [-0.39, 0.29) is 0 Å². The number of hydrazone groups is 1. The Labute approximate surface area is 148 Å². The predicted molar refractivity (Wildman–Crippen MR) is 100 cm³/mol. The molecule has 1 unspecified atom stereocenters. The fourth-order valence-corrected chi connectivity index (χ4v) is 4.06. The highest BCUT2D eigenvalue weighted by molar-refractivity contribution is 7.80. The molecule has 1 aromatic rings. The van der Waals surface area contributed by atoms with Crippen molar-refractivity contribution in [2.24, 2.45) is 5.10 Å². The summed E-state index contributed by atoms with van der Waals surface area (Å²) in [6.45, 7) is 5.25. The molecule has 3 aliphatic heterocycles. The summed E-state index contributed by atoms with van der Waals surface area (Å²) in [5, 5.41) is 8.67. The Morgan fingerprint density at radius 2 is 2.29 bits per heavy atom. The quantitative estimate of drug-likeness (QED) is 0.597. The average Bonchev–Trinajstić information content (AvgIpc) is 2.65. The van der Waals surface area contributed by atoms with Crippen LogP contribution < -0.4 is 10.7 Å². The Hall–Kier alpha value is -1.73. The maximum absolute atomic E-state index is 5.59. The molecule has 2 fully saturated rings. The molecule has 0 bridgehead atoms. The molecule has 1 atom stereocenters. The molecule has 2 saturated heterocycles. The highest BCUT2D eigenvalue weighted by atomic mass is 32.1. The van der Waals surface area contributed by atoms with Crippen molar-refractivity contribution < 1.29 is 0 Å². The summed E-state index contributed by atoms with van der Waals surface area (Å²) in [5.41, 5.74) is 6.07. The zero-order valence-corrected chi connectivity index (χ0v) is 14.7. The first kappa shape index (κ1) is 15.8. The fourth-order valence-electron chi connectivity index (χ4n) is 3.85. The van der Waals surface area contributed by atoms with Crippen LogP contribution in [0.25, 0.3) is 0 Å². The van der Waals surface area contributed by atoms with E-state index in [2.05, 4.69) is 30.6 Å². The predicted octanol–water partition coefficient (Wildman–Crippen LogP) is 1.65. The number of rotatable bonds is 1. The number of fused-ring (bicyclic) bond motifs is 2. The molecule has 0 saturated carbocycles. The highest BCUT2D eigenvalue weighted by Gasteiger charge is 2.29. The molecule has 24 heavy (non-hydrogen) atoms. The van der Waals surface area contributed by atoms with Gasteiger partial charge in [0.1, 0.15) is 5.69 Å². The number of nitrogens with zero attached hydrogens (tertiary/aromatic N) is 4. The van der Waals surface area contributed by atoms with Crippen molar-refractivity contribution in [1.82, 2.24) is 20.2 Å². The summed E-state index contributed by atoms with van der Waals surface area (Å²) in [4.78, 5) is 9.33. The number of piperidine rings is 1. The van der Waals surface area contributed by atoms with Gasteiger partial charge in [0.25, 0.3) is 0 Å². The summed E-state index contributed by atoms with van der Waals surface area (Å²) in [5.74, 6) is 0. The standard InChI is InChI=1S/C17H24N6S/c24-17(23-11-10-22-9-2-1-4-13(22)12-23)21-20-15-6-8-18-14-5-3-7-19-16(14)15/h3,5,7,13,18H,1-2,4,6,8-12H2,(H,21,24)/b20-15-. The lowest BCUT2D eigenvalue weighted by Gasteiger charge is -2.44. The molecule has 0 aliphatic carbocycles. The minimum absolute atomic E-state index is 0.654. The molecule has 1 aromatic heterocycles. The Morgan fingerprint density at radius 3 is 3.25 bits per heavy atom. The second kappa shape index (κ2) is 7.03. The molecule has 128 valence electrons. The van der Waals surface area contributed by atoms with Gasteiger partial charge in [-0.25, -0.2) is 0 Å². The molecular formula is C17H24N6S. The first-order valence-corrected chi connectivity index (χ1v) is 9.27. The maximum atomic E-state index is 5.59. The van der Waals surface area contributed by atoms with Crippen LogP contribution in [-0.4, -0.2) is 64.4 Å². The van der Waals surface area contributed by atoms with E-state index in [0.717, 1.165) is 54.8 Å². The summed E-state index contributed by atoms with van der Waals surface area (Å²) in [6.07, 6.45) is 6.63. The number of thiocarbonyl (C=S) groups is 1. The number of pyridine rings is 1. The van der Waals surface area contributed by atoms with Crippen molar-refractivity contribution >= 4 is 28.7 Å². The fraction of sp³-hybridized carbons (Fsp3) is 0.588. The SMILES string of the molecule is S=C(N/N=C1/CCNc2cccnc21)N1CCN2CCCCC2C1. The van der Waals surface area contributed by atoms with E-state index in [4.69, 9.17) is 12.2 Å². The van der Waals surface area contributed by atoms with Crippen LogP contribution in [0.5, 0.6) is 0 Å². The van der Waals surface area contributed by atoms with Gasteiger partial charge in [-0.05, 0) is 43.7 Å². The second-order valence-corrected chi connectivity index (χ2v) is 7.07. The van der Waals surface area contributed by atoms with Crippen molar-refractivity contribution in [2.45, 2.75) is 31.7 Å². The summed E-state index contributed by atoms with van der Waals surface area (Å²) < 4.78 is 0. The van der Waals surface area contributed by atoms with Crippen molar-refractivity contribution in [3.05, 3.63) is 24.0 Å². The first-order chi connectivity index (χ1) is 11.8. The van der Waals surface area contributed by atoms with Gasteiger partial charge in [-0.1, -0.05) is 6.42 Å². The molecule has 0 spiro atoms. The van der Waals surface area contributed by atoms with E-state index >= 15 is 0 Å². The third-order valence-electron chi connectivity index (χ3n) is 5.17. The average molecular weight is 344 g/mol. The molecule has 7 heteroatoms. The van der Waals surface area contributed by atoms with Crippen molar-refractivity contribution in [3.63, 3.8) is 0 Å². The molecule has 4 rings (SSSR count). The van der Waals surface area contributed by atoms with E-state index in [9.17, 15) is 0 Å². The lowest BCUT2D eigenvalue weighted by molar-refractivity contribution is 0.0799. The summed E-state index contributed by atoms with van der Waals surface area (Å²) in [6, 6.07) is 4.63. The van der Waals surface area contributed by atoms with E-state index in [1.807, 2.05) is 18.3 Å². The number of aromatic nitrogens is 1. The van der Waals surface area contributed by atoms with Gasteiger partial charge in [-0.2, -0.15) is 5.10 Å². The third kappa shape index (κ3) is 3.23. The van der Waals surface area contributed by atoms with Gasteiger partial charge in [0.15, 0.2) is 5.11 Å². The topological polar surface area (TPSA) is 55.8 Å². The Bertz CT molecular complexity index is 646. The molecule has 3 aliphatic rings. The summed E-state index contributed by atoms with van der Waals surface area (Å²) in [7, 11) is 0. The van der Waals surface area contributed by atoms with E-state index in [1.165, 1.54) is 25.8 Å². The molecule has 0 amide bonds. The Kier molecular flexibility index (Phi) is 4.62. The Balaban J connectivity index is 1.40. The van der Waals surface area contributed by atoms with Gasteiger partial charge in [0.2, 0.25) is 0 Å². The Morgan fingerprint density at radius 1 is 1.33 bits per heavy atom. The smallest absolute Gasteiger partial charge is 0.189 e. The van der Waals surface area contributed by atoms with E-state index in [1.54, 1.807) is 0 Å². The van der Waals surface area contributed by atoms with Crippen molar-refractivity contribution in [2.75, 3.05) is 38.0 Å². The van der Waals surface area contributed by atoms with E-state index < -0.39 is 0 Å². The van der Waals surface area contributed by atoms with Gasteiger partial charge < -0.3 is 10.2 Å². The van der Waals surface area contributed by atoms with Crippen molar-refractivity contribution in [3.8, 4) is 0 Å². The first-order valence-electron chi connectivity index (χ1n) is 8.86. The van der Waals surface area contributed by atoms with Gasteiger partial charge in [0.05, 0.1) is 11.4 Å². The van der Waals surface area contributed by atoms with Crippen LogP contribution in [0.4, 0.5) is 5.69 Å². The second-order valence-electron chi connectivity index (χ2n) is 6.68. The van der Waals surface area contributed by atoms with Crippen LogP contribution in [0, 0.1) is 0 Å². The third-order valence-corrected chi connectivity index (χ3v) is 5.52. The maximum Gasteiger partial charge on any atom is 0.189 e. The number of piperazine rings is 1. The van der Waals surface area contributed by atoms with Crippen LogP contribution in [0.1, 0.15) is 31.4 Å². The molecule has 0 radical (unpaired) electrons. The monoisotopic (exact) mass is 344 g/mol.